The zero-order chi connectivity index (χ0) is 14.6. The molecule has 0 bridgehead atoms. The molecule has 0 amide bonds. The van der Waals surface area contributed by atoms with Crippen molar-refractivity contribution in [2.45, 2.75) is 71.3 Å². The van der Waals surface area contributed by atoms with Crippen molar-refractivity contribution in [3.63, 3.8) is 0 Å². The second kappa shape index (κ2) is 6.76. The summed E-state index contributed by atoms with van der Waals surface area (Å²) >= 11 is 0. The molecular weight excluding hydrogens is 242 g/mol. The Balaban J connectivity index is 2.33. The first-order valence-electron chi connectivity index (χ1n) is 8.37. The predicted octanol–water partition coefficient (Wildman–Crippen LogP) is 5.22. The molecule has 0 saturated heterocycles. The Kier molecular flexibility index (Phi) is 5.26. The van der Waals surface area contributed by atoms with Gasteiger partial charge in [0.05, 0.1) is 0 Å². The molecule has 1 unspecified atom stereocenters. The maximum Gasteiger partial charge on any atom is 0.0351 e. The second-order valence-electron chi connectivity index (χ2n) is 7.27. The van der Waals surface area contributed by atoms with Crippen LogP contribution >= 0.6 is 0 Å². The largest absolute Gasteiger partial charge is 0.310 e. The molecule has 0 spiro atoms. The second-order valence-corrected chi connectivity index (χ2v) is 7.27. The topological polar surface area (TPSA) is 12.0 Å². The molecule has 2 rings (SSSR count). The van der Waals surface area contributed by atoms with E-state index in [9.17, 15) is 0 Å². The van der Waals surface area contributed by atoms with Gasteiger partial charge >= 0.3 is 0 Å². The van der Waals surface area contributed by atoms with E-state index in [1.807, 2.05) is 0 Å². The first-order chi connectivity index (χ1) is 9.54. The highest BCUT2D eigenvalue weighted by molar-refractivity contribution is 5.35. The molecule has 1 saturated carbocycles. The summed E-state index contributed by atoms with van der Waals surface area (Å²) < 4.78 is 0. The fourth-order valence-corrected chi connectivity index (χ4v) is 3.67. The zero-order valence-corrected chi connectivity index (χ0v) is 13.7. The van der Waals surface area contributed by atoms with Gasteiger partial charge in [0.2, 0.25) is 0 Å². The fraction of sp³-hybridized carbons (Fsp3) is 0.684. The van der Waals surface area contributed by atoms with Crippen LogP contribution in [-0.4, -0.2) is 6.54 Å². The molecule has 1 aromatic carbocycles. The van der Waals surface area contributed by atoms with E-state index < -0.39 is 0 Å². The van der Waals surface area contributed by atoms with Crippen LogP contribution in [0.15, 0.2) is 24.3 Å². The van der Waals surface area contributed by atoms with Crippen molar-refractivity contribution >= 4 is 0 Å². The normalized spacial score (nSPS) is 19.0. The molecule has 1 heteroatoms. The van der Waals surface area contributed by atoms with E-state index >= 15 is 0 Å². The summed E-state index contributed by atoms with van der Waals surface area (Å²) in [6.07, 6.45) is 7.01. The van der Waals surface area contributed by atoms with Crippen LogP contribution in [-0.2, 0) is 5.41 Å². The number of benzene rings is 1. The summed E-state index contributed by atoms with van der Waals surface area (Å²) in [5, 5.41) is 3.78. The first-order valence-corrected chi connectivity index (χ1v) is 8.37. The molecule has 0 aromatic heterocycles. The molecule has 0 heterocycles. The lowest BCUT2D eigenvalue weighted by Crippen LogP contribution is -2.32. The minimum absolute atomic E-state index is 0.221. The van der Waals surface area contributed by atoms with E-state index in [0.29, 0.717) is 6.04 Å². The van der Waals surface area contributed by atoms with Crippen molar-refractivity contribution in [2.75, 3.05) is 6.54 Å². The van der Waals surface area contributed by atoms with E-state index in [1.54, 1.807) is 0 Å². The van der Waals surface area contributed by atoms with Gasteiger partial charge in [0.25, 0.3) is 0 Å². The van der Waals surface area contributed by atoms with Crippen molar-refractivity contribution in [3.8, 4) is 0 Å². The minimum Gasteiger partial charge on any atom is -0.310 e. The minimum atomic E-state index is 0.221. The molecule has 1 nitrogen and oxygen atoms in total. The highest BCUT2D eigenvalue weighted by Gasteiger charge is 2.28. The molecule has 1 aliphatic carbocycles. The van der Waals surface area contributed by atoms with Gasteiger partial charge in [-0.1, -0.05) is 71.2 Å². The van der Waals surface area contributed by atoms with E-state index in [2.05, 4.69) is 57.3 Å². The van der Waals surface area contributed by atoms with Crippen LogP contribution < -0.4 is 5.32 Å². The summed E-state index contributed by atoms with van der Waals surface area (Å²) in [5.41, 5.74) is 3.27. The summed E-state index contributed by atoms with van der Waals surface area (Å²) in [6.45, 7) is 10.3. The van der Waals surface area contributed by atoms with Crippen LogP contribution in [0, 0.1) is 5.92 Å². The molecule has 0 aliphatic heterocycles. The van der Waals surface area contributed by atoms with E-state index in [4.69, 9.17) is 0 Å². The van der Waals surface area contributed by atoms with Crippen molar-refractivity contribution < 1.29 is 0 Å². The van der Waals surface area contributed by atoms with Gasteiger partial charge in [-0.05, 0) is 41.8 Å². The Bertz CT molecular complexity index is 410. The average Bonchev–Trinajstić information content (AvgIpc) is 2.45. The Labute approximate surface area is 125 Å². The van der Waals surface area contributed by atoms with Crippen molar-refractivity contribution in [2.24, 2.45) is 5.92 Å². The molecule has 1 fully saturated rings. The predicted molar refractivity (Wildman–Crippen MR) is 88.1 cm³/mol. The number of hydrogen-bond donors (Lipinski definition) is 1. The molecule has 1 N–H and O–H groups in total. The SMILES string of the molecule is CCNC(c1ccccc1C(C)(C)C)C1CCCCC1. The third-order valence-electron chi connectivity index (χ3n) is 4.65. The van der Waals surface area contributed by atoms with Gasteiger partial charge in [0.15, 0.2) is 0 Å². The average molecular weight is 273 g/mol. The maximum atomic E-state index is 3.78. The molecule has 112 valence electrons. The monoisotopic (exact) mass is 273 g/mol. The fourth-order valence-electron chi connectivity index (χ4n) is 3.67. The quantitative estimate of drug-likeness (QED) is 0.793. The standard InChI is InChI=1S/C19H31N/c1-5-20-18(15-11-7-6-8-12-15)16-13-9-10-14-17(16)19(2,3)4/h9-10,13-15,18,20H,5-8,11-12H2,1-4H3. The van der Waals surface area contributed by atoms with Gasteiger partial charge in [-0.3, -0.25) is 0 Å². The highest BCUT2D eigenvalue weighted by atomic mass is 14.9. The molecule has 20 heavy (non-hydrogen) atoms. The van der Waals surface area contributed by atoms with Crippen molar-refractivity contribution in [1.29, 1.82) is 0 Å². The van der Waals surface area contributed by atoms with Crippen LogP contribution in [0.3, 0.4) is 0 Å². The molecular formula is C19H31N. The van der Waals surface area contributed by atoms with Gasteiger partial charge < -0.3 is 5.32 Å². The van der Waals surface area contributed by atoms with Gasteiger partial charge in [0.1, 0.15) is 0 Å². The summed E-state index contributed by atoms with van der Waals surface area (Å²) in [6, 6.07) is 9.60. The lowest BCUT2D eigenvalue weighted by Gasteiger charge is -2.35. The van der Waals surface area contributed by atoms with Gasteiger partial charge in [0, 0.05) is 6.04 Å². The number of hydrogen-bond acceptors (Lipinski definition) is 1. The third kappa shape index (κ3) is 3.63. The van der Waals surface area contributed by atoms with Crippen molar-refractivity contribution in [1.82, 2.24) is 5.32 Å². The molecule has 0 radical (unpaired) electrons. The maximum absolute atomic E-state index is 3.78. The molecule has 1 aromatic rings. The van der Waals surface area contributed by atoms with Crippen LogP contribution in [0.1, 0.15) is 77.0 Å². The Hall–Kier alpha value is -0.820. The number of rotatable bonds is 4. The molecule has 1 aliphatic rings. The number of nitrogens with one attached hydrogen (secondary N) is 1. The lowest BCUT2D eigenvalue weighted by atomic mass is 9.75. The van der Waals surface area contributed by atoms with Crippen molar-refractivity contribution in [3.05, 3.63) is 35.4 Å². The Morgan fingerprint density at radius 1 is 1.10 bits per heavy atom. The van der Waals surface area contributed by atoms with Gasteiger partial charge in [-0.15, -0.1) is 0 Å². The smallest absolute Gasteiger partial charge is 0.0351 e. The van der Waals surface area contributed by atoms with Gasteiger partial charge in [-0.25, -0.2) is 0 Å². The zero-order valence-electron chi connectivity index (χ0n) is 13.7. The molecule has 1 atom stereocenters. The summed E-state index contributed by atoms with van der Waals surface area (Å²) in [7, 11) is 0. The Morgan fingerprint density at radius 2 is 1.75 bits per heavy atom. The van der Waals surface area contributed by atoms with E-state index in [-0.39, 0.29) is 5.41 Å². The lowest BCUT2D eigenvalue weighted by molar-refractivity contribution is 0.272. The van der Waals surface area contributed by atoms with Crippen LogP contribution in [0.5, 0.6) is 0 Å². The van der Waals surface area contributed by atoms with Gasteiger partial charge in [-0.2, -0.15) is 0 Å². The first kappa shape index (κ1) is 15.6. The van der Waals surface area contributed by atoms with E-state index in [0.717, 1.165) is 12.5 Å². The summed E-state index contributed by atoms with van der Waals surface area (Å²) in [4.78, 5) is 0. The van der Waals surface area contributed by atoms with Crippen LogP contribution in [0.4, 0.5) is 0 Å². The Morgan fingerprint density at radius 3 is 2.35 bits per heavy atom. The van der Waals surface area contributed by atoms with Crippen LogP contribution in [0.2, 0.25) is 0 Å². The highest BCUT2D eigenvalue weighted by Crippen LogP contribution is 2.38. The third-order valence-corrected chi connectivity index (χ3v) is 4.65. The van der Waals surface area contributed by atoms with Crippen LogP contribution in [0.25, 0.3) is 0 Å². The van der Waals surface area contributed by atoms with E-state index in [1.165, 1.54) is 43.2 Å². The summed E-state index contributed by atoms with van der Waals surface area (Å²) in [5.74, 6) is 0.812.